The van der Waals surface area contributed by atoms with Crippen LogP contribution in [0.1, 0.15) is 19.5 Å². The molecule has 5 aromatic rings. The van der Waals surface area contributed by atoms with Crippen LogP contribution in [0.4, 0.5) is 0 Å². The first-order chi connectivity index (χ1) is 18.9. The summed E-state index contributed by atoms with van der Waals surface area (Å²) in [5, 5.41) is 0. The molecule has 0 aliphatic carbocycles. The number of aryl methyl sites for hydroxylation is 2. The first kappa shape index (κ1) is 24.3. The van der Waals surface area contributed by atoms with E-state index in [2.05, 4.69) is 31.2 Å². The van der Waals surface area contributed by atoms with Gasteiger partial charge in [-0.1, -0.05) is 0 Å². The van der Waals surface area contributed by atoms with Crippen molar-refractivity contribution in [2.45, 2.75) is 13.8 Å². The SMILES string of the molecule is Cc1ccc(C2=C/C(=C3/C=C(c4ccc(-c5ccc(-c6ccc(-c7ccc(C)s7)o6)s5)s4)OC3=O)C(=O)O2)s1. The second-order valence-electron chi connectivity index (χ2n) is 8.94. The minimum Gasteiger partial charge on any atom is -0.454 e. The quantitative estimate of drug-likeness (QED) is 0.152. The molecule has 7 rings (SSSR count). The van der Waals surface area contributed by atoms with Gasteiger partial charge in [-0.2, -0.15) is 0 Å². The predicted molar refractivity (Wildman–Crippen MR) is 158 cm³/mol. The highest BCUT2D eigenvalue weighted by Crippen LogP contribution is 2.42. The Morgan fingerprint density at radius 2 is 0.897 bits per heavy atom. The van der Waals surface area contributed by atoms with Crippen LogP contribution in [0.2, 0.25) is 0 Å². The average Bonchev–Trinajstić information content (AvgIpc) is 3.74. The normalized spacial score (nSPS) is 17.0. The van der Waals surface area contributed by atoms with E-state index in [9.17, 15) is 9.59 Å². The van der Waals surface area contributed by atoms with Gasteiger partial charge in [-0.15, -0.1) is 45.3 Å². The minimum atomic E-state index is -0.556. The van der Waals surface area contributed by atoms with E-state index in [4.69, 9.17) is 13.9 Å². The van der Waals surface area contributed by atoms with Gasteiger partial charge in [0.15, 0.2) is 0 Å². The highest BCUT2D eigenvalue weighted by atomic mass is 32.1. The van der Waals surface area contributed by atoms with E-state index in [-0.39, 0.29) is 11.1 Å². The van der Waals surface area contributed by atoms with Crippen LogP contribution in [0, 0.1) is 13.8 Å². The zero-order valence-electron chi connectivity index (χ0n) is 20.6. The molecule has 39 heavy (non-hydrogen) atoms. The second kappa shape index (κ2) is 9.46. The smallest absolute Gasteiger partial charge is 0.344 e. The van der Waals surface area contributed by atoms with Gasteiger partial charge < -0.3 is 13.9 Å². The number of hydrogen-bond donors (Lipinski definition) is 0. The third-order valence-electron chi connectivity index (χ3n) is 6.20. The molecule has 2 aliphatic heterocycles. The molecule has 0 bridgehead atoms. The number of ether oxygens (including phenoxy) is 2. The fraction of sp³-hybridized carbons (Fsp3) is 0.0667. The van der Waals surface area contributed by atoms with Crippen molar-refractivity contribution in [3.8, 4) is 31.0 Å². The van der Waals surface area contributed by atoms with E-state index in [1.807, 2.05) is 43.3 Å². The Balaban J connectivity index is 1.14. The molecule has 9 heteroatoms. The van der Waals surface area contributed by atoms with E-state index >= 15 is 0 Å². The third kappa shape index (κ3) is 4.47. The van der Waals surface area contributed by atoms with E-state index in [1.54, 1.807) is 34.8 Å². The molecule has 2 aliphatic rings. The summed E-state index contributed by atoms with van der Waals surface area (Å²) in [7, 11) is 0. The molecule has 0 radical (unpaired) electrons. The maximum absolute atomic E-state index is 12.7. The Labute approximate surface area is 239 Å². The molecule has 0 N–H and O–H groups in total. The van der Waals surface area contributed by atoms with Crippen LogP contribution >= 0.6 is 45.3 Å². The van der Waals surface area contributed by atoms with E-state index in [1.165, 1.54) is 27.6 Å². The summed E-state index contributed by atoms with van der Waals surface area (Å²) in [6.45, 7) is 4.07. The first-order valence-electron chi connectivity index (χ1n) is 12.0. The molecule has 0 amide bonds. The summed E-state index contributed by atoms with van der Waals surface area (Å²) in [5.41, 5.74) is 0.424. The van der Waals surface area contributed by atoms with Gasteiger partial charge in [-0.25, -0.2) is 9.59 Å². The van der Waals surface area contributed by atoms with Crippen molar-refractivity contribution in [2.24, 2.45) is 0 Å². The van der Waals surface area contributed by atoms with E-state index in [0.29, 0.717) is 11.5 Å². The van der Waals surface area contributed by atoms with Crippen LogP contribution in [-0.2, 0) is 19.1 Å². The van der Waals surface area contributed by atoms with Crippen molar-refractivity contribution in [1.29, 1.82) is 0 Å². The van der Waals surface area contributed by atoms with Crippen LogP contribution in [0.15, 0.2) is 88.4 Å². The Morgan fingerprint density at radius 3 is 1.44 bits per heavy atom. The summed E-state index contributed by atoms with van der Waals surface area (Å²) in [6.07, 6.45) is 3.25. The van der Waals surface area contributed by atoms with Gasteiger partial charge in [-0.3, -0.25) is 0 Å². The standard InChI is InChI=1S/C30H18O5S4/c1-15-3-7-23(36-15)19-5-6-20(33-19)24-9-11-27(38-24)28-12-10-26(39-28)22-14-18(30(32)35-22)17-13-21(34-29(17)31)25-8-4-16(2)37-25/h3-14H,1-2H3/b18-17+. The van der Waals surface area contributed by atoms with Gasteiger partial charge in [0.25, 0.3) is 0 Å². The number of cyclic esters (lactones) is 2. The Morgan fingerprint density at radius 1 is 0.487 bits per heavy atom. The molecule has 0 spiro atoms. The Kier molecular flexibility index (Phi) is 5.89. The lowest BCUT2D eigenvalue weighted by Gasteiger charge is -1.98. The third-order valence-corrected chi connectivity index (χ3v) is 10.6. The Bertz CT molecular complexity index is 1880. The lowest BCUT2D eigenvalue weighted by molar-refractivity contribution is -0.133. The highest BCUT2D eigenvalue weighted by Gasteiger charge is 2.33. The number of furan rings is 1. The lowest BCUT2D eigenvalue weighted by Crippen LogP contribution is -2.05. The average molecular weight is 587 g/mol. The number of carbonyl (C=O) groups excluding carboxylic acids is 2. The number of thiophene rings is 4. The zero-order chi connectivity index (χ0) is 26.7. The molecular formula is C30H18O5S4. The predicted octanol–water partition coefficient (Wildman–Crippen LogP) is 8.94. The van der Waals surface area contributed by atoms with Crippen molar-refractivity contribution in [2.75, 3.05) is 0 Å². The molecule has 7 heterocycles. The first-order valence-corrected chi connectivity index (χ1v) is 15.2. The molecule has 5 aromatic heterocycles. The van der Waals surface area contributed by atoms with Gasteiger partial charge in [0.05, 0.1) is 30.7 Å². The lowest BCUT2D eigenvalue weighted by atomic mass is 10.1. The largest absolute Gasteiger partial charge is 0.454 e. The number of rotatable bonds is 5. The number of carbonyl (C=O) groups is 2. The maximum atomic E-state index is 12.7. The zero-order valence-corrected chi connectivity index (χ0v) is 23.9. The molecule has 0 unspecified atom stereocenters. The summed E-state index contributed by atoms with van der Waals surface area (Å²) in [4.78, 5) is 33.6. The van der Waals surface area contributed by atoms with Crippen LogP contribution in [0.3, 0.4) is 0 Å². The van der Waals surface area contributed by atoms with Crippen molar-refractivity contribution in [3.05, 3.63) is 103 Å². The monoisotopic (exact) mass is 586 g/mol. The summed E-state index contributed by atoms with van der Waals surface area (Å²) in [6, 6.07) is 20.1. The topological polar surface area (TPSA) is 65.7 Å². The Hall–Kier alpha value is -3.76. The summed E-state index contributed by atoms with van der Waals surface area (Å²) >= 11 is 6.42. The fourth-order valence-electron chi connectivity index (χ4n) is 4.31. The van der Waals surface area contributed by atoms with Crippen molar-refractivity contribution in [1.82, 2.24) is 0 Å². The molecule has 0 fully saturated rings. The molecule has 0 atom stereocenters. The van der Waals surface area contributed by atoms with Gasteiger partial charge in [0.1, 0.15) is 23.0 Å². The minimum absolute atomic E-state index is 0.209. The van der Waals surface area contributed by atoms with Crippen LogP contribution in [0.5, 0.6) is 0 Å². The second-order valence-corrected chi connectivity index (χ2v) is 13.7. The van der Waals surface area contributed by atoms with Gasteiger partial charge in [0, 0.05) is 19.5 Å². The molecule has 0 saturated heterocycles. The van der Waals surface area contributed by atoms with Crippen LogP contribution < -0.4 is 0 Å². The molecule has 192 valence electrons. The molecular weight excluding hydrogens is 569 g/mol. The van der Waals surface area contributed by atoms with Crippen LogP contribution in [-0.4, -0.2) is 11.9 Å². The molecule has 5 nitrogen and oxygen atoms in total. The number of hydrogen-bond acceptors (Lipinski definition) is 9. The molecule has 0 aromatic carbocycles. The van der Waals surface area contributed by atoms with Crippen molar-refractivity contribution < 1.29 is 23.5 Å². The van der Waals surface area contributed by atoms with Crippen molar-refractivity contribution in [3.63, 3.8) is 0 Å². The van der Waals surface area contributed by atoms with Gasteiger partial charge >= 0.3 is 11.9 Å². The highest BCUT2D eigenvalue weighted by molar-refractivity contribution is 7.24. The summed E-state index contributed by atoms with van der Waals surface area (Å²) < 4.78 is 17.1. The van der Waals surface area contributed by atoms with E-state index in [0.717, 1.165) is 45.7 Å². The number of esters is 2. The summed E-state index contributed by atoms with van der Waals surface area (Å²) in [5.74, 6) is 1.49. The van der Waals surface area contributed by atoms with Gasteiger partial charge in [-0.05, 0) is 86.7 Å². The van der Waals surface area contributed by atoms with E-state index < -0.39 is 11.9 Å². The van der Waals surface area contributed by atoms with Crippen LogP contribution in [0.25, 0.3) is 42.5 Å². The van der Waals surface area contributed by atoms with Gasteiger partial charge in [0.2, 0.25) is 0 Å². The maximum Gasteiger partial charge on any atom is 0.344 e. The molecule has 0 saturated carbocycles. The fourth-order valence-corrected chi connectivity index (χ4v) is 7.98. The van der Waals surface area contributed by atoms with Crippen molar-refractivity contribution >= 4 is 68.8 Å².